The number of nitro benzene ring substituents is 1. The molecule has 10 heteroatoms. The van der Waals surface area contributed by atoms with E-state index in [9.17, 15) is 14.9 Å². The Hall–Kier alpha value is -3.72. The molecule has 1 unspecified atom stereocenters. The Morgan fingerprint density at radius 2 is 1.97 bits per heavy atom. The summed E-state index contributed by atoms with van der Waals surface area (Å²) in [4.78, 5) is 22.4. The maximum absolute atomic E-state index is 12.1. The maximum atomic E-state index is 12.1. The third kappa shape index (κ3) is 5.00. The fraction of sp³-hybridized carbons (Fsp3) is 0.150. The van der Waals surface area contributed by atoms with Crippen LogP contribution in [0.15, 0.2) is 53.0 Å². The van der Waals surface area contributed by atoms with Crippen LogP contribution in [0.2, 0.25) is 5.02 Å². The molecule has 3 rings (SSSR count). The topological polar surface area (TPSA) is 118 Å². The van der Waals surface area contributed by atoms with Gasteiger partial charge < -0.3 is 13.9 Å². The first-order chi connectivity index (χ1) is 14.4. The van der Waals surface area contributed by atoms with Gasteiger partial charge >= 0.3 is 5.97 Å². The van der Waals surface area contributed by atoms with Crippen LogP contribution >= 0.6 is 11.6 Å². The summed E-state index contributed by atoms with van der Waals surface area (Å²) >= 11 is 5.77. The van der Waals surface area contributed by atoms with Crippen molar-refractivity contribution in [2.45, 2.75) is 13.0 Å². The number of hydrogen-bond donors (Lipinski definition) is 0. The number of rotatable bonds is 7. The van der Waals surface area contributed by atoms with E-state index in [0.717, 1.165) is 6.08 Å². The summed E-state index contributed by atoms with van der Waals surface area (Å²) < 4.78 is 15.9. The molecule has 1 atom stereocenters. The van der Waals surface area contributed by atoms with Crippen LogP contribution in [0.3, 0.4) is 0 Å². The highest BCUT2D eigenvalue weighted by molar-refractivity contribution is 6.32. The Labute approximate surface area is 176 Å². The van der Waals surface area contributed by atoms with Crippen molar-refractivity contribution in [1.82, 2.24) is 10.2 Å². The molecular formula is C20H16ClN3O6. The average Bonchev–Trinajstić information content (AvgIpc) is 3.23. The van der Waals surface area contributed by atoms with Gasteiger partial charge in [0.2, 0.25) is 5.89 Å². The van der Waals surface area contributed by atoms with Gasteiger partial charge in [-0.2, -0.15) is 0 Å². The molecule has 154 valence electrons. The molecule has 9 nitrogen and oxygen atoms in total. The Kier molecular flexibility index (Phi) is 6.43. The van der Waals surface area contributed by atoms with Crippen LogP contribution in [0.4, 0.5) is 5.69 Å². The van der Waals surface area contributed by atoms with E-state index in [1.165, 1.54) is 18.2 Å². The van der Waals surface area contributed by atoms with Crippen molar-refractivity contribution in [2.24, 2.45) is 0 Å². The van der Waals surface area contributed by atoms with E-state index in [-0.39, 0.29) is 22.5 Å². The molecule has 1 heterocycles. The van der Waals surface area contributed by atoms with E-state index in [1.807, 2.05) is 0 Å². The number of carbonyl (C=O) groups excluding carboxylic acids is 1. The second-order valence-corrected chi connectivity index (χ2v) is 6.46. The van der Waals surface area contributed by atoms with Crippen molar-refractivity contribution in [3.8, 4) is 17.2 Å². The van der Waals surface area contributed by atoms with E-state index >= 15 is 0 Å². The van der Waals surface area contributed by atoms with Crippen LogP contribution in [0, 0.1) is 10.1 Å². The van der Waals surface area contributed by atoms with Crippen LogP contribution in [0.5, 0.6) is 5.75 Å². The van der Waals surface area contributed by atoms with Crippen LogP contribution < -0.4 is 4.74 Å². The number of esters is 1. The fourth-order valence-corrected chi connectivity index (χ4v) is 2.64. The Morgan fingerprint density at radius 1 is 1.23 bits per heavy atom. The quantitative estimate of drug-likeness (QED) is 0.231. The molecule has 0 radical (unpaired) electrons. The molecule has 0 N–H and O–H groups in total. The zero-order valence-electron chi connectivity index (χ0n) is 15.9. The van der Waals surface area contributed by atoms with Gasteiger partial charge in [-0.1, -0.05) is 17.7 Å². The van der Waals surface area contributed by atoms with Crippen molar-refractivity contribution in [2.75, 3.05) is 7.11 Å². The molecule has 2 aromatic carbocycles. The maximum Gasteiger partial charge on any atom is 0.331 e. The second-order valence-electron chi connectivity index (χ2n) is 6.05. The smallest absolute Gasteiger partial charge is 0.331 e. The highest BCUT2D eigenvalue weighted by atomic mass is 35.5. The SMILES string of the molecule is COc1ccc(-c2nnc(C(C)OC(=O)/C=C/c3ccc(Cl)c([N+](=O)[O-])c3)o2)cc1. The summed E-state index contributed by atoms with van der Waals surface area (Å²) in [6, 6.07) is 11.2. The molecular weight excluding hydrogens is 414 g/mol. The predicted octanol–water partition coefficient (Wildman–Crippen LogP) is 4.62. The molecule has 0 aliphatic rings. The van der Waals surface area contributed by atoms with Gasteiger partial charge in [-0.25, -0.2) is 4.79 Å². The third-order valence-corrected chi connectivity index (χ3v) is 4.32. The third-order valence-electron chi connectivity index (χ3n) is 4.00. The predicted molar refractivity (Wildman–Crippen MR) is 108 cm³/mol. The number of ether oxygens (including phenoxy) is 2. The van der Waals surface area contributed by atoms with E-state index in [0.29, 0.717) is 16.9 Å². The monoisotopic (exact) mass is 429 g/mol. The van der Waals surface area contributed by atoms with Crippen molar-refractivity contribution < 1.29 is 23.6 Å². The first kappa shape index (κ1) is 21.0. The van der Waals surface area contributed by atoms with Crippen molar-refractivity contribution in [3.63, 3.8) is 0 Å². The van der Waals surface area contributed by atoms with Crippen LogP contribution in [-0.4, -0.2) is 28.2 Å². The average molecular weight is 430 g/mol. The van der Waals surface area contributed by atoms with Gasteiger partial charge in [0.05, 0.1) is 12.0 Å². The highest BCUT2D eigenvalue weighted by Gasteiger charge is 2.18. The van der Waals surface area contributed by atoms with Crippen LogP contribution in [-0.2, 0) is 9.53 Å². The van der Waals surface area contributed by atoms with E-state index in [2.05, 4.69) is 10.2 Å². The minimum Gasteiger partial charge on any atom is -0.497 e. The fourth-order valence-electron chi connectivity index (χ4n) is 2.45. The summed E-state index contributed by atoms with van der Waals surface area (Å²) in [5.41, 5.74) is 0.866. The molecule has 1 aromatic heterocycles. The molecule has 0 saturated heterocycles. The molecule has 3 aromatic rings. The number of hydrogen-bond acceptors (Lipinski definition) is 8. The lowest BCUT2D eigenvalue weighted by atomic mass is 10.2. The first-order valence-corrected chi connectivity index (χ1v) is 9.05. The summed E-state index contributed by atoms with van der Waals surface area (Å²) in [7, 11) is 1.57. The van der Waals surface area contributed by atoms with Gasteiger partial charge in [-0.15, -0.1) is 10.2 Å². The van der Waals surface area contributed by atoms with Gasteiger partial charge in [-0.3, -0.25) is 10.1 Å². The van der Waals surface area contributed by atoms with E-state index < -0.39 is 17.0 Å². The number of halogens is 1. The molecule has 30 heavy (non-hydrogen) atoms. The highest BCUT2D eigenvalue weighted by Crippen LogP contribution is 2.26. The van der Waals surface area contributed by atoms with Crippen LogP contribution in [0.25, 0.3) is 17.5 Å². The number of benzene rings is 2. The minimum absolute atomic E-state index is 0.0115. The normalized spacial score (nSPS) is 12.0. The second kappa shape index (κ2) is 9.19. The Morgan fingerprint density at radius 3 is 2.63 bits per heavy atom. The summed E-state index contributed by atoms with van der Waals surface area (Å²) in [6.45, 7) is 1.59. The standard InChI is InChI=1S/C20H16ClN3O6/c1-12(19-22-23-20(30-19)14-5-7-15(28-2)8-6-14)29-18(25)10-4-13-3-9-16(21)17(11-13)24(26)27/h3-12H,1-2H3/b10-4+. The number of nitro groups is 1. The molecule has 0 spiro atoms. The van der Waals surface area contributed by atoms with Gasteiger partial charge in [0.1, 0.15) is 10.8 Å². The summed E-state index contributed by atoms with van der Waals surface area (Å²) in [6.07, 6.45) is 1.74. The molecule has 0 fully saturated rings. The molecule has 0 amide bonds. The largest absolute Gasteiger partial charge is 0.497 e. The van der Waals surface area contributed by atoms with Gasteiger partial charge in [0, 0.05) is 17.7 Å². The lowest BCUT2D eigenvalue weighted by Gasteiger charge is -2.06. The van der Waals surface area contributed by atoms with E-state index in [4.69, 9.17) is 25.5 Å². The van der Waals surface area contributed by atoms with Gasteiger partial charge in [0.25, 0.3) is 11.6 Å². The lowest BCUT2D eigenvalue weighted by Crippen LogP contribution is -2.06. The van der Waals surface area contributed by atoms with Crippen molar-refractivity contribution in [3.05, 3.63) is 75.1 Å². The Bertz CT molecular complexity index is 1090. The molecule has 0 aliphatic carbocycles. The number of aromatic nitrogens is 2. The number of nitrogens with zero attached hydrogens (tertiary/aromatic N) is 3. The van der Waals surface area contributed by atoms with Gasteiger partial charge in [0.15, 0.2) is 6.10 Å². The Balaban J connectivity index is 1.64. The number of methoxy groups -OCH3 is 1. The first-order valence-electron chi connectivity index (χ1n) is 8.68. The summed E-state index contributed by atoms with van der Waals surface area (Å²) in [5, 5.41) is 18.8. The lowest BCUT2D eigenvalue weighted by molar-refractivity contribution is -0.384. The van der Waals surface area contributed by atoms with Gasteiger partial charge in [-0.05, 0) is 48.9 Å². The molecule has 0 saturated carbocycles. The van der Waals surface area contributed by atoms with Crippen molar-refractivity contribution >= 4 is 29.3 Å². The zero-order chi connectivity index (χ0) is 21.7. The van der Waals surface area contributed by atoms with Crippen molar-refractivity contribution in [1.29, 1.82) is 0 Å². The minimum atomic E-state index is -0.791. The van der Waals surface area contributed by atoms with E-state index in [1.54, 1.807) is 44.4 Å². The zero-order valence-corrected chi connectivity index (χ0v) is 16.7. The molecule has 0 bridgehead atoms. The van der Waals surface area contributed by atoms with Crippen LogP contribution in [0.1, 0.15) is 24.5 Å². The number of carbonyl (C=O) groups is 1. The molecule has 0 aliphatic heterocycles. The summed E-state index contributed by atoms with van der Waals surface area (Å²) in [5.74, 6) is 0.423.